The van der Waals surface area contributed by atoms with Gasteiger partial charge in [-0.1, -0.05) is 23.9 Å². The third-order valence-corrected chi connectivity index (χ3v) is 5.77. The zero-order valence-electron chi connectivity index (χ0n) is 14.2. The van der Waals surface area contributed by atoms with E-state index >= 15 is 0 Å². The maximum absolute atomic E-state index is 12.3. The van der Waals surface area contributed by atoms with Crippen LogP contribution in [0.4, 0.5) is 0 Å². The summed E-state index contributed by atoms with van der Waals surface area (Å²) in [4.78, 5) is 19.2. The smallest absolute Gasteiger partial charge is 0.232 e. The Morgan fingerprint density at radius 2 is 1.87 bits per heavy atom. The molecule has 2 heterocycles. The lowest BCUT2D eigenvalue weighted by Gasteiger charge is -2.26. The van der Waals surface area contributed by atoms with Gasteiger partial charge in [-0.15, -0.1) is 0 Å². The van der Waals surface area contributed by atoms with Gasteiger partial charge in [0, 0.05) is 18.5 Å². The molecule has 1 aromatic carbocycles. The first-order valence-electron chi connectivity index (χ1n) is 8.34. The van der Waals surface area contributed by atoms with Crippen LogP contribution in [-0.4, -0.2) is 34.6 Å². The fourth-order valence-electron chi connectivity index (χ4n) is 3.08. The van der Waals surface area contributed by atoms with Gasteiger partial charge in [0.1, 0.15) is 5.03 Å². The van der Waals surface area contributed by atoms with Crippen molar-refractivity contribution in [2.24, 2.45) is 0 Å². The highest BCUT2D eigenvalue weighted by molar-refractivity contribution is 7.99. The van der Waals surface area contributed by atoms with Gasteiger partial charge in [0.25, 0.3) is 0 Å². The van der Waals surface area contributed by atoms with Crippen LogP contribution in [0, 0.1) is 20.8 Å². The van der Waals surface area contributed by atoms with Crippen LogP contribution in [-0.2, 0) is 4.79 Å². The summed E-state index contributed by atoms with van der Waals surface area (Å²) in [6.07, 6.45) is 3.53. The Kier molecular flexibility index (Phi) is 4.90. The maximum Gasteiger partial charge on any atom is 0.232 e. The molecule has 2 aromatic rings. The van der Waals surface area contributed by atoms with Crippen LogP contribution in [0.5, 0.6) is 0 Å². The van der Waals surface area contributed by atoms with Crippen LogP contribution in [0.2, 0.25) is 0 Å². The van der Waals surface area contributed by atoms with Crippen molar-refractivity contribution in [2.45, 2.75) is 45.1 Å². The van der Waals surface area contributed by atoms with E-state index in [9.17, 15) is 4.79 Å². The molecule has 1 aliphatic rings. The number of hydrogen-bond acceptors (Lipinski definition) is 3. The average Bonchev–Trinajstić information content (AvgIpc) is 2.57. The lowest BCUT2D eigenvalue weighted by molar-refractivity contribution is -0.129. The Bertz CT molecular complexity index is 736. The van der Waals surface area contributed by atoms with Gasteiger partial charge in [-0.3, -0.25) is 4.79 Å². The number of carbonyl (C=O) groups is 1. The van der Waals surface area contributed by atoms with E-state index in [0.717, 1.165) is 42.0 Å². The predicted octanol–water partition coefficient (Wildman–Crippen LogP) is 4.26. The normalized spacial score (nSPS) is 15.2. The summed E-state index contributed by atoms with van der Waals surface area (Å²) in [6, 6.07) is 6.46. The second-order valence-electron chi connectivity index (χ2n) is 6.42. The Morgan fingerprint density at radius 3 is 2.61 bits per heavy atom. The first-order chi connectivity index (χ1) is 11.1. The number of rotatable bonds is 3. The fraction of sp³-hybridized carbons (Fsp3) is 0.474. The van der Waals surface area contributed by atoms with E-state index in [-0.39, 0.29) is 5.91 Å². The molecule has 0 aliphatic carbocycles. The van der Waals surface area contributed by atoms with E-state index in [1.807, 2.05) is 4.90 Å². The van der Waals surface area contributed by atoms with Gasteiger partial charge in [0.15, 0.2) is 0 Å². The molecule has 23 heavy (non-hydrogen) atoms. The molecule has 1 aliphatic heterocycles. The van der Waals surface area contributed by atoms with Crippen LogP contribution in [0.25, 0.3) is 10.9 Å². The van der Waals surface area contributed by atoms with Crippen molar-refractivity contribution < 1.29 is 4.79 Å². The molecule has 0 saturated carbocycles. The van der Waals surface area contributed by atoms with Gasteiger partial charge in [-0.2, -0.15) is 0 Å². The van der Waals surface area contributed by atoms with E-state index in [0.29, 0.717) is 5.75 Å². The molecule has 122 valence electrons. The van der Waals surface area contributed by atoms with E-state index in [1.165, 1.54) is 22.9 Å². The maximum atomic E-state index is 12.3. The van der Waals surface area contributed by atoms with Crippen LogP contribution in [0.1, 0.15) is 36.0 Å². The summed E-state index contributed by atoms with van der Waals surface area (Å²) in [5.74, 6) is 0.737. The monoisotopic (exact) mass is 328 g/mol. The second kappa shape index (κ2) is 6.91. The summed E-state index contributed by atoms with van der Waals surface area (Å²) in [5.41, 5.74) is 4.70. The number of aromatic nitrogens is 1. The van der Waals surface area contributed by atoms with Crippen molar-refractivity contribution in [3.05, 3.63) is 34.9 Å². The Morgan fingerprint density at radius 1 is 1.13 bits per heavy atom. The predicted molar refractivity (Wildman–Crippen MR) is 97.1 cm³/mol. The minimum Gasteiger partial charge on any atom is -0.342 e. The lowest BCUT2D eigenvalue weighted by atomic mass is 10.0. The summed E-state index contributed by atoms with van der Waals surface area (Å²) in [7, 11) is 0. The number of fused-ring (bicyclic) bond motifs is 1. The molecule has 3 rings (SSSR count). The third-order valence-electron chi connectivity index (χ3n) is 4.70. The molecule has 1 saturated heterocycles. The van der Waals surface area contributed by atoms with E-state index in [2.05, 4.69) is 39.0 Å². The number of hydrogen-bond donors (Lipinski definition) is 0. The molecule has 4 heteroatoms. The molecule has 3 nitrogen and oxygen atoms in total. The van der Waals surface area contributed by atoms with Gasteiger partial charge in [-0.25, -0.2) is 4.98 Å². The Balaban J connectivity index is 1.78. The summed E-state index contributed by atoms with van der Waals surface area (Å²) in [6.45, 7) is 8.15. The number of pyridine rings is 1. The molecular weight excluding hydrogens is 304 g/mol. The van der Waals surface area contributed by atoms with Gasteiger partial charge in [-0.05, 0) is 62.8 Å². The molecule has 0 N–H and O–H groups in total. The second-order valence-corrected chi connectivity index (χ2v) is 7.38. The van der Waals surface area contributed by atoms with Crippen LogP contribution >= 0.6 is 11.8 Å². The molecular formula is C19H24N2OS. The number of piperidine rings is 1. The number of aryl methyl sites for hydroxylation is 3. The van der Waals surface area contributed by atoms with E-state index < -0.39 is 0 Å². The zero-order chi connectivity index (χ0) is 16.4. The van der Waals surface area contributed by atoms with Crippen LogP contribution in [0.15, 0.2) is 23.2 Å². The standard InChI is InChI=1S/C19H24N2OS/c1-13-7-8-16-11-14(2)19(20-18(16)15(13)3)23-12-17(22)21-9-5-4-6-10-21/h7-8,11H,4-6,9-10,12H2,1-3H3. The van der Waals surface area contributed by atoms with Crippen molar-refractivity contribution in [1.29, 1.82) is 0 Å². The number of nitrogens with zero attached hydrogens (tertiary/aromatic N) is 2. The van der Waals surface area contributed by atoms with Crippen LogP contribution in [0.3, 0.4) is 0 Å². The quantitative estimate of drug-likeness (QED) is 0.789. The molecule has 0 unspecified atom stereocenters. The summed E-state index contributed by atoms with van der Waals surface area (Å²) < 4.78 is 0. The van der Waals surface area contributed by atoms with Gasteiger partial charge in [0.2, 0.25) is 5.91 Å². The number of thioether (sulfide) groups is 1. The molecule has 1 fully saturated rings. The van der Waals surface area contributed by atoms with Crippen molar-refractivity contribution in [1.82, 2.24) is 9.88 Å². The largest absolute Gasteiger partial charge is 0.342 e. The number of carbonyl (C=O) groups excluding carboxylic acids is 1. The van der Waals surface area contributed by atoms with Crippen molar-refractivity contribution in [3.8, 4) is 0 Å². The highest BCUT2D eigenvalue weighted by Crippen LogP contribution is 2.27. The molecule has 0 spiro atoms. The first-order valence-corrected chi connectivity index (χ1v) is 9.33. The molecule has 1 amide bonds. The molecule has 0 atom stereocenters. The molecule has 1 aromatic heterocycles. The highest BCUT2D eigenvalue weighted by atomic mass is 32.2. The van der Waals surface area contributed by atoms with Gasteiger partial charge in [0.05, 0.1) is 11.3 Å². The van der Waals surface area contributed by atoms with Crippen LogP contribution < -0.4 is 0 Å². The van der Waals surface area contributed by atoms with E-state index in [1.54, 1.807) is 11.8 Å². The number of likely N-dealkylation sites (tertiary alicyclic amines) is 1. The van der Waals surface area contributed by atoms with Gasteiger partial charge >= 0.3 is 0 Å². The SMILES string of the molecule is Cc1cc2ccc(C)c(C)c2nc1SCC(=O)N1CCCCC1. The molecule has 0 bridgehead atoms. The fourth-order valence-corrected chi connectivity index (χ4v) is 3.97. The summed E-state index contributed by atoms with van der Waals surface area (Å²) in [5, 5.41) is 2.16. The Labute approximate surface area is 142 Å². The number of amides is 1. The van der Waals surface area contributed by atoms with Gasteiger partial charge < -0.3 is 4.90 Å². The van der Waals surface area contributed by atoms with Crippen molar-refractivity contribution in [2.75, 3.05) is 18.8 Å². The third kappa shape index (κ3) is 3.52. The zero-order valence-corrected chi connectivity index (χ0v) is 15.0. The highest BCUT2D eigenvalue weighted by Gasteiger charge is 2.17. The lowest BCUT2D eigenvalue weighted by Crippen LogP contribution is -2.36. The minimum absolute atomic E-state index is 0.247. The van der Waals surface area contributed by atoms with E-state index in [4.69, 9.17) is 4.98 Å². The minimum atomic E-state index is 0.247. The molecule has 0 radical (unpaired) electrons. The Hall–Kier alpha value is -1.55. The number of benzene rings is 1. The summed E-state index contributed by atoms with van der Waals surface area (Å²) >= 11 is 1.58. The average molecular weight is 328 g/mol. The van der Waals surface area contributed by atoms with Crippen molar-refractivity contribution >= 4 is 28.6 Å². The van der Waals surface area contributed by atoms with Crippen molar-refractivity contribution in [3.63, 3.8) is 0 Å². The topological polar surface area (TPSA) is 33.2 Å². The first kappa shape index (κ1) is 16.3.